The van der Waals surface area contributed by atoms with Gasteiger partial charge in [0.05, 0.1) is 30.6 Å². The quantitative estimate of drug-likeness (QED) is 0.494. The average molecular weight is 280 g/mol. The molecule has 0 fully saturated rings. The second kappa shape index (κ2) is 5.77. The van der Waals surface area contributed by atoms with Gasteiger partial charge >= 0.3 is 18.3 Å². The molecule has 0 aromatic heterocycles. The van der Waals surface area contributed by atoms with Crippen molar-refractivity contribution in [3.63, 3.8) is 0 Å². The number of hydrogen-bond donors (Lipinski definition) is 2. The predicted molar refractivity (Wildman–Crippen MR) is 61.6 cm³/mol. The Balaban J connectivity index is 2.79. The van der Waals surface area contributed by atoms with Crippen LogP contribution in [0.5, 0.6) is 0 Å². The van der Waals surface area contributed by atoms with Crippen LogP contribution < -0.4 is 11.1 Å². The van der Waals surface area contributed by atoms with E-state index in [0.717, 1.165) is 0 Å². The number of esters is 1. The van der Waals surface area contributed by atoms with Gasteiger partial charge < -0.3 is 15.8 Å². The first-order valence-electron chi connectivity index (χ1n) is 5.15. The van der Waals surface area contributed by atoms with E-state index in [4.69, 9.17) is 5.73 Å². The van der Waals surface area contributed by atoms with E-state index in [0.29, 0.717) is 0 Å². The van der Waals surface area contributed by atoms with Crippen LogP contribution in [0, 0.1) is 0 Å². The van der Waals surface area contributed by atoms with Gasteiger partial charge in [-0.05, 0) is 18.2 Å². The van der Waals surface area contributed by atoms with Crippen molar-refractivity contribution in [1.82, 2.24) is 0 Å². The van der Waals surface area contributed by atoms with Crippen LogP contribution in [0.1, 0.15) is 10.4 Å². The van der Waals surface area contributed by atoms with Crippen LogP contribution in [-0.4, -0.2) is 32.0 Å². The van der Waals surface area contributed by atoms with Crippen LogP contribution >= 0.6 is 0 Å². The van der Waals surface area contributed by atoms with Gasteiger partial charge in [-0.15, -0.1) is 0 Å². The third-order valence-corrected chi connectivity index (χ3v) is 2.31. The molecule has 0 atom stereocenters. The molecule has 1 aromatic rings. The molecule has 3 N–H and O–H groups in total. The molecule has 0 aliphatic carbocycles. The predicted octanol–water partition coefficient (Wildman–Crippen LogP) is 2.37. The lowest BCUT2D eigenvalue weighted by Crippen LogP contribution is -2.35. The number of halogens is 4. The fourth-order valence-electron chi connectivity index (χ4n) is 1.26. The van der Waals surface area contributed by atoms with Crippen molar-refractivity contribution in [3.8, 4) is 0 Å². The Morgan fingerprint density at radius 2 is 2.11 bits per heavy atom. The maximum Gasteiger partial charge on any atom is 0.337 e. The topological polar surface area (TPSA) is 64.3 Å². The third-order valence-electron chi connectivity index (χ3n) is 2.31. The van der Waals surface area contributed by atoms with Gasteiger partial charge in [0.25, 0.3) is 0 Å². The summed E-state index contributed by atoms with van der Waals surface area (Å²) in [5, 5.41) is 2.11. The zero-order valence-corrected chi connectivity index (χ0v) is 9.92. The lowest BCUT2D eigenvalue weighted by atomic mass is 10.1. The lowest BCUT2D eigenvalue weighted by Gasteiger charge is -2.17. The van der Waals surface area contributed by atoms with E-state index in [2.05, 4.69) is 10.1 Å². The Morgan fingerprint density at radius 1 is 1.47 bits per heavy atom. The highest BCUT2D eigenvalue weighted by atomic mass is 19.3. The van der Waals surface area contributed by atoms with Crippen LogP contribution in [0.25, 0.3) is 0 Å². The van der Waals surface area contributed by atoms with E-state index in [1.807, 2.05) is 0 Å². The minimum Gasteiger partial charge on any atom is -0.465 e. The number of hydrogen-bond acceptors (Lipinski definition) is 4. The summed E-state index contributed by atoms with van der Waals surface area (Å²) >= 11 is 0. The standard InChI is InChI=1S/C11H12F4N2O2/c1-19-9(18)6-2-3-8(7(16)4-6)17-5-11(14,15)10(12)13/h2-4,10,17H,5,16H2,1H3. The number of nitrogens with one attached hydrogen (secondary N) is 1. The van der Waals surface area contributed by atoms with E-state index < -0.39 is 24.9 Å². The maximum atomic E-state index is 12.7. The van der Waals surface area contributed by atoms with Crippen LogP contribution in [0.2, 0.25) is 0 Å². The van der Waals surface area contributed by atoms with E-state index in [1.165, 1.54) is 25.3 Å². The highest BCUT2D eigenvalue weighted by molar-refractivity contribution is 5.91. The number of alkyl halides is 4. The summed E-state index contributed by atoms with van der Waals surface area (Å²) in [6, 6.07) is 3.73. The molecule has 0 bridgehead atoms. The second-order valence-corrected chi connectivity index (χ2v) is 3.71. The third kappa shape index (κ3) is 3.73. The van der Waals surface area contributed by atoms with Crippen molar-refractivity contribution in [1.29, 1.82) is 0 Å². The minimum absolute atomic E-state index is 0.0204. The molecule has 0 saturated heterocycles. The largest absolute Gasteiger partial charge is 0.465 e. The van der Waals surface area contributed by atoms with E-state index in [-0.39, 0.29) is 16.9 Å². The Morgan fingerprint density at radius 3 is 2.58 bits per heavy atom. The number of anilines is 2. The van der Waals surface area contributed by atoms with Crippen LogP contribution in [-0.2, 0) is 4.74 Å². The van der Waals surface area contributed by atoms with Crippen molar-refractivity contribution in [2.75, 3.05) is 24.7 Å². The molecule has 106 valence electrons. The Kier molecular flexibility index (Phi) is 4.57. The van der Waals surface area contributed by atoms with Crippen molar-refractivity contribution in [2.24, 2.45) is 0 Å². The molecule has 19 heavy (non-hydrogen) atoms. The smallest absolute Gasteiger partial charge is 0.337 e. The van der Waals surface area contributed by atoms with Crippen LogP contribution in [0.15, 0.2) is 18.2 Å². The van der Waals surface area contributed by atoms with E-state index in [1.54, 1.807) is 0 Å². The fraction of sp³-hybridized carbons (Fsp3) is 0.364. The van der Waals surface area contributed by atoms with Gasteiger partial charge in [-0.25, -0.2) is 13.6 Å². The SMILES string of the molecule is COC(=O)c1ccc(NCC(F)(F)C(F)F)c(N)c1. The van der Waals surface area contributed by atoms with Gasteiger partial charge in [0.2, 0.25) is 0 Å². The molecule has 1 aromatic carbocycles. The summed E-state index contributed by atoms with van der Waals surface area (Å²) in [5.74, 6) is -4.80. The Hall–Kier alpha value is -1.99. The molecule has 0 aliphatic rings. The van der Waals surface area contributed by atoms with Crippen molar-refractivity contribution < 1.29 is 27.1 Å². The second-order valence-electron chi connectivity index (χ2n) is 3.71. The molecule has 0 heterocycles. The molecule has 0 amide bonds. The number of benzene rings is 1. The van der Waals surface area contributed by atoms with Crippen molar-refractivity contribution in [3.05, 3.63) is 23.8 Å². The van der Waals surface area contributed by atoms with Crippen LogP contribution in [0.4, 0.5) is 28.9 Å². The monoisotopic (exact) mass is 280 g/mol. The molecule has 4 nitrogen and oxygen atoms in total. The van der Waals surface area contributed by atoms with Gasteiger partial charge in [0, 0.05) is 0 Å². The Labute approximate surface area is 106 Å². The number of rotatable bonds is 5. The summed E-state index contributed by atoms with van der Waals surface area (Å²) < 4.78 is 53.7. The van der Waals surface area contributed by atoms with Gasteiger partial charge in [0.15, 0.2) is 0 Å². The number of nitrogen functional groups attached to an aromatic ring is 1. The highest BCUT2D eigenvalue weighted by Crippen LogP contribution is 2.26. The molecular formula is C11H12F4N2O2. The summed E-state index contributed by atoms with van der Waals surface area (Å²) in [4.78, 5) is 11.2. The molecule has 0 spiro atoms. The molecular weight excluding hydrogens is 268 g/mol. The number of carbonyl (C=O) groups excluding carboxylic acids is 1. The number of nitrogens with two attached hydrogens (primary N) is 1. The Bertz CT molecular complexity index is 466. The zero-order valence-electron chi connectivity index (χ0n) is 9.92. The van der Waals surface area contributed by atoms with Crippen molar-refractivity contribution >= 4 is 17.3 Å². The molecule has 1 rings (SSSR count). The normalized spacial score (nSPS) is 11.5. The van der Waals surface area contributed by atoms with Gasteiger partial charge in [-0.1, -0.05) is 0 Å². The van der Waals surface area contributed by atoms with E-state index >= 15 is 0 Å². The first-order valence-corrected chi connectivity index (χ1v) is 5.15. The lowest BCUT2D eigenvalue weighted by molar-refractivity contribution is -0.117. The molecule has 0 saturated carbocycles. The summed E-state index contributed by atoms with van der Waals surface area (Å²) in [6.45, 7) is -1.26. The fourth-order valence-corrected chi connectivity index (χ4v) is 1.26. The number of ether oxygens (including phenoxy) is 1. The van der Waals surface area contributed by atoms with E-state index in [9.17, 15) is 22.4 Å². The molecule has 0 radical (unpaired) electrons. The van der Waals surface area contributed by atoms with Gasteiger partial charge in [0.1, 0.15) is 0 Å². The number of carbonyl (C=O) groups is 1. The summed E-state index contributed by atoms with van der Waals surface area (Å²) in [7, 11) is 1.17. The zero-order chi connectivity index (χ0) is 14.6. The number of methoxy groups -OCH3 is 1. The average Bonchev–Trinajstić information content (AvgIpc) is 2.36. The van der Waals surface area contributed by atoms with Gasteiger partial charge in [-0.3, -0.25) is 0 Å². The first-order chi connectivity index (χ1) is 8.77. The highest BCUT2D eigenvalue weighted by Gasteiger charge is 2.40. The summed E-state index contributed by atoms with van der Waals surface area (Å²) in [5.41, 5.74) is 5.66. The maximum absolute atomic E-state index is 12.7. The van der Waals surface area contributed by atoms with Crippen LogP contribution in [0.3, 0.4) is 0 Å². The van der Waals surface area contributed by atoms with Crippen molar-refractivity contribution in [2.45, 2.75) is 12.3 Å². The first kappa shape index (κ1) is 15.1. The molecule has 8 heteroatoms. The minimum atomic E-state index is -4.16. The summed E-state index contributed by atoms with van der Waals surface area (Å²) in [6.07, 6.45) is -3.77. The molecule has 0 unspecified atom stereocenters. The van der Waals surface area contributed by atoms with Gasteiger partial charge in [-0.2, -0.15) is 8.78 Å². The molecule has 0 aliphatic heterocycles.